The van der Waals surface area contributed by atoms with Crippen molar-refractivity contribution in [3.63, 3.8) is 0 Å². The van der Waals surface area contributed by atoms with Gasteiger partial charge in [0.2, 0.25) is 0 Å². The Balaban J connectivity index is 1.65. The van der Waals surface area contributed by atoms with Gasteiger partial charge in [-0.1, -0.05) is 0 Å². The van der Waals surface area contributed by atoms with Gasteiger partial charge in [-0.05, 0) is 0 Å². The number of imidazole rings is 1. The van der Waals surface area contributed by atoms with Crippen LogP contribution in [0.1, 0.15) is 19.4 Å². The van der Waals surface area contributed by atoms with Gasteiger partial charge in [-0.25, -0.2) is 0 Å². The first-order chi connectivity index (χ1) is 12.9. The average molecular weight is 521 g/mol. The molecule has 1 N–H and O–H groups in total. The second kappa shape index (κ2) is 7.46. The third kappa shape index (κ3) is 3.69. The van der Waals surface area contributed by atoms with E-state index in [4.69, 9.17) is 29.9 Å². The molecular weight excluding hydrogens is 502 g/mol. The average Bonchev–Trinajstić information content (AvgIpc) is 2.96. The Labute approximate surface area is 176 Å². The number of halogens is 2. The minimum atomic E-state index is -2.85. The van der Waals surface area contributed by atoms with E-state index in [2.05, 4.69) is 32.6 Å². The summed E-state index contributed by atoms with van der Waals surface area (Å²) in [6.45, 7) is 6.32. The van der Waals surface area contributed by atoms with Gasteiger partial charge in [0.15, 0.2) is 0 Å². The number of rotatable bonds is 5. The quantitative estimate of drug-likeness (QED) is 0.357. The fraction of sp³-hybridized carbons (Fsp3) is 0.278. The zero-order valence-corrected chi connectivity index (χ0v) is 18.9. The predicted octanol–water partition coefficient (Wildman–Crippen LogP) is 5.47. The van der Waals surface area contributed by atoms with E-state index < -0.39 is 7.94 Å². The summed E-state index contributed by atoms with van der Waals surface area (Å²) < 4.78 is 24.6. The molecule has 0 bridgehead atoms. The number of fused-ring (bicyclic) bond motifs is 1. The van der Waals surface area contributed by atoms with Crippen LogP contribution in [0.5, 0.6) is 11.8 Å². The zero-order valence-electron chi connectivity index (χ0n) is 15.0. The second-order valence-electron chi connectivity index (χ2n) is 6.20. The van der Waals surface area contributed by atoms with E-state index in [0.717, 1.165) is 25.5 Å². The maximum atomic E-state index is 6.18. The first-order valence-electron chi connectivity index (χ1n) is 8.53. The number of aromatic amines is 1. The van der Waals surface area contributed by atoms with Crippen molar-refractivity contribution >= 4 is 58.5 Å². The number of aromatic nitrogens is 2. The molecule has 6 nitrogen and oxygen atoms in total. The van der Waals surface area contributed by atoms with Crippen LogP contribution < -0.4 is 10.0 Å². The zero-order chi connectivity index (χ0) is 19.2. The van der Waals surface area contributed by atoms with Crippen LogP contribution in [-0.4, -0.2) is 22.9 Å². The third-order valence-corrected chi connectivity index (χ3v) is 8.91. The van der Waals surface area contributed by atoms with Gasteiger partial charge >= 0.3 is 177 Å². The van der Waals surface area contributed by atoms with Crippen LogP contribution in [0.4, 0.5) is 0 Å². The molecule has 0 amide bonds. The monoisotopic (exact) mass is 520 g/mol. The van der Waals surface area contributed by atoms with Gasteiger partial charge in [-0.3, -0.25) is 0 Å². The Bertz CT molecular complexity index is 962. The van der Waals surface area contributed by atoms with Crippen LogP contribution in [0.25, 0.3) is 11.0 Å². The van der Waals surface area contributed by atoms with Crippen molar-refractivity contribution in [1.29, 1.82) is 0 Å². The molecular formula is C18H19ClIN2O4P. The normalized spacial score (nSPS) is 19.7. The number of hydrogen-bond acceptors (Lipinski definition) is 5. The number of benzene rings is 2. The molecule has 0 spiro atoms. The summed E-state index contributed by atoms with van der Waals surface area (Å²) in [5.74, 6) is 0.633. The molecule has 3 aromatic rings. The van der Waals surface area contributed by atoms with E-state index in [-0.39, 0.29) is 6.29 Å². The standard InChI is InChI=1S/C18H19ClIN2O4P/c1-4-23-27(25-11(3)26-27)17-7-12(6-5-10(17)2)24-18-21-15-8-13(19)14(20)9-16(15)22-18/h5-9,11,27H,4H2,1-3H3,(H,21,22). The van der Waals surface area contributed by atoms with Gasteiger partial charge in [0, 0.05) is 0 Å². The number of ether oxygens (including phenoxy) is 1. The Morgan fingerprint density at radius 2 is 2.07 bits per heavy atom. The molecule has 0 radical (unpaired) electrons. The van der Waals surface area contributed by atoms with Crippen molar-refractivity contribution in [1.82, 2.24) is 9.97 Å². The molecule has 1 aliphatic rings. The Morgan fingerprint density at radius 1 is 1.30 bits per heavy atom. The van der Waals surface area contributed by atoms with E-state index in [0.29, 0.717) is 23.4 Å². The van der Waals surface area contributed by atoms with Crippen molar-refractivity contribution in [2.75, 3.05) is 6.61 Å². The molecule has 144 valence electrons. The van der Waals surface area contributed by atoms with Gasteiger partial charge < -0.3 is 0 Å². The molecule has 9 heteroatoms. The Kier molecular flexibility index (Phi) is 5.35. The Morgan fingerprint density at radius 3 is 2.78 bits per heavy atom. The summed E-state index contributed by atoms with van der Waals surface area (Å²) >= 11 is 8.35. The van der Waals surface area contributed by atoms with Crippen LogP contribution in [0, 0.1) is 10.5 Å². The molecule has 1 saturated heterocycles. The van der Waals surface area contributed by atoms with Crippen molar-refractivity contribution in [3.05, 3.63) is 44.5 Å². The SMILES string of the molecule is CCO[PH]1(c2cc(Oc3nc4cc(I)c(Cl)cc4[nH]3)ccc2C)OC(C)O1. The van der Waals surface area contributed by atoms with Crippen LogP contribution in [0.3, 0.4) is 0 Å². The summed E-state index contributed by atoms with van der Waals surface area (Å²) in [6, 6.07) is 9.92. The molecule has 1 fully saturated rings. The molecule has 1 aliphatic heterocycles. The number of aryl methyl sites for hydroxylation is 1. The predicted molar refractivity (Wildman–Crippen MR) is 116 cm³/mol. The van der Waals surface area contributed by atoms with E-state index in [1.807, 2.05) is 51.1 Å². The van der Waals surface area contributed by atoms with E-state index >= 15 is 0 Å². The molecule has 0 saturated carbocycles. The van der Waals surface area contributed by atoms with Gasteiger partial charge in [-0.2, -0.15) is 0 Å². The van der Waals surface area contributed by atoms with Crippen molar-refractivity contribution in [2.45, 2.75) is 27.1 Å². The van der Waals surface area contributed by atoms with Gasteiger partial charge in [0.25, 0.3) is 0 Å². The van der Waals surface area contributed by atoms with Crippen molar-refractivity contribution in [3.8, 4) is 11.8 Å². The van der Waals surface area contributed by atoms with Gasteiger partial charge in [0.05, 0.1) is 0 Å². The van der Waals surface area contributed by atoms with E-state index in [1.165, 1.54) is 0 Å². The number of H-pyrrole nitrogens is 1. The molecule has 0 unspecified atom stereocenters. The summed E-state index contributed by atoms with van der Waals surface area (Å²) in [5, 5.41) is 1.59. The topological polar surface area (TPSA) is 65.6 Å². The first-order valence-corrected chi connectivity index (χ1v) is 11.7. The number of nitrogens with one attached hydrogen (secondary N) is 1. The molecule has 0 atom stereocenters. The molecule has 27 heavy (non-hydrogen) atoms. The Hall–Kier alpha value is -0.960. The molecule has 4 rings (SSSR count). The van der Waals surface area contributed by atoms with Crippen LogP contribution >= 0.6 is 42.1 Å². The summed E-state index contributed by atoms with van der Waals surface area (Å²) in [6.07, 6.45) is -0.255. The van der Waals surface area contributed by atoms with Gasteiger partial charge in [-0.15, -0.1) is 0 Å². The van der Waals surface area contributed by atoms with Gasteiger partial charge in [0.1, 0.15) is 0 Å². The molecule has 2 heterocycles. The van der Waals surface area contributed by atoms with Crippen LogP contribution in [-0.2, 0) is 13.6 Å². The van der Waals surface area contributed by atoms with Crippen molar-refractivity contribution < 1.29 is 18.3 Å². The number of hydrogen-bond donors (Lipinski definition) is 1. The summed E-state index contributed by atoms with van der Waals surface area (Å²) in [4.78, 5) is 7.62. The number of nitrogens with zero attached hydrogens (tertiary/aromatic N) is 1. The maximum absolute atomic E-state index is 6.18. The summed E-state index contributed by atoms with van der Waals surface area (Å²) in [5.41, 5.74) is 2.66. The van der Waals surface area contributed by atoms with E-state index in [1.54, 1.807) is 0 Å². The van der Waals surface area contributed by atoms with Crippen molar-refractivity contribution in [2.24, 2.45) is 0 Å². The third-order valence-electron chi connectivity index (χ3n) is 4.23. The minimum absolute atomic E-state index is 0.255. The summed E-state index contributed by atoms with van der Waals surface area (Å²) in [7, 11) is -2.85. The molecule has 2 aromatic carbocycles. The van der Waals surface area contributed by atoms with E-state index in [9.17, 15) is 0 Å². The van der Waals surface area contributed by atoms with Crippen LogP contribution in [0.2, 0.25) is 5.02 Å². The fourth-order valence-corrected chi connectivity index (χ4v) is 6.36. The second-order valence-corrected chi connectivity index (χ2v) is 10.2. The molecule has 0 aliphatic carbocycles. The first kappa shape index (κ1) is 19.4. The molecule has 1 aromatic heterocycles. The van der Waals surface area contributed by atoms with Crippen LogP contribution in [0.15, 0.2) is 30.3 Å². The fourth-order valence-electron chi connectivity index (χ4n) is 3.04.